The van der Waals surface area contributed by atoms with E-state index in [9.17, 15) is 0 Å². The van der Waals surface area contributed by atoms with Gasteiger partial charge in [0, 0.05) is 43.5 Å². The van der Waals surface area contributed by atoms with Gasteiger partial charge in [-0.2, -0.15) is 0 Å². The Bertz CT molecular complexity index is 434. The fourth-order valence-electron chi connectivity index (χ4n) is 1.85. The van der Waals surface area contributed by atoms with Gasteiger partial charge in [-0.25, -0.2) is 4.98 Å². The third kappa shape index (κ3) is 3.06. The van der Waals surface area contributed by atoms with E-state index in [0.717, 1.165) is 30.2 Å². The second kappa shape index (κ2) is 5.62. The zero-order chi connectivity index (χ0) is 12.3. The van der Waals surface area contributed by atoms with Gasteiger partial charge in [0.1, 0.15) is 0 Å². The second-order valence-electron chi connectivity index (χ2n) is 4.47. The number of aromatic nitrogens is 2. The van der Waals surface area contributed by atoms with E-state index < -0.39 is 0 Å². The van der Waals surface area contributed by atoms with E-state index in [1.54, 1.807) is 11.3 Å². The fraction of sp³-hybridized carbons (Fsp3) is 0.583. The summed E-state index contributed by atoms with van der Waals surface area (Å²) >= 11 is 1.65. The highest BCUT2D eigenvalue weighted by atomic mass is 32.1. The van der Waals surface area contributed by atoms with Crippen molar-refractivity contribution in [2.75, 3.05) is 13.2 Å². The molecule has 0 saturated heterocycles. The van der Waals surface area contributed by atoms with E-state index in [2.05, 4.69) is 34.3 Å². The summed E-state index contributed by atoms with van der Waals surface area (Å²) in [5.41, 5.74) is 1.10. The van der Waals surface area contributed by atoms with E-state index in [0.29, 0.717) is 6.04 Å². The summed E-state index contributed by atoms with van der Waals surface area (Å²) in [6, 6.07) is 0.473. The molecular weight excluding hydrogens is 234 g/mol. The molecule has 0 atom stereocenters. The first-order valence-electron chi connectivity index (χ1n) is 5.96. The number of hydrogen-bond acceptors (Lipinski definition) is 4. The van der Waals surface area contributed by atoms with Crippen LogP contribution in [0.4, 0.5) is 0 Å². The molecule has 2 rings (SSSR count). The van der Waals surface area contributed by atoms with Crippen molar-refractivity contribution in [3.63, 3.8) is 0 Å². The minimum Gasteiger partial charge on any atom is -0.396 e. The first-order chi connectivity index (χ1) is 8.20. The molecule has 0 fully saturated rings. The van der Waals surface area contributed by atoms with Gasteiger partial charge in [0.2, 0.25) is 0 Å². The van der Waals surface area contributed by atoms with Crippen LogP contribution in [0.2, 0.25) is 0 Å². The van der Waals surface area contributed by atoms with Crippen LogP contribution in [0.5, 0.6) is 0 Å². The van der Waals surface area contributed by atoms with Gasteiger partial charge in [-0.05, 0) is 20.3 Å². The normalized spacial score (nSPS) is 12.1. The van der Waals surface area contributed by atoms with Crippen molar-refractivity contribution in [3.8, 4) is 0 Å². The largest absolute Gasteiger partial charge is 0.396 e. The molecule has 5 heteroatoms. The molecule has 17 heavy (non-hydrogen) atoms. The summed E-state index contributed by atoms with van der Waals surface area (Å²) in [5.74, 6) is 0. The standard InChI is InChI=1S/C12H19N3OS/c1-10(2)14(4-3-6-16)8-11-9-15-5-7-17-12(15)13-11/h5,7,9-10,16H,3-4,6,8H2,1-2H3. The van der Waals surface area contributed by atoms with Gasteiger partial charge in [-0.1, -0.05) is 0 Å². The van der Waals surface area contributed by atoms with Crippen LogP contribution in [0.15, 0.2) is 17.8 Å². The minimum absolute atomic E-state index is 0.251. The zero-order valence-corrected chi connectivity index (χ0v) is 11.2. The highest BCUT2D eigenvalue weighted by molar-refractivity contribution is 7.15. The summed E-state index contributed by atoms with van der Waals surface area (Å²) in [7, 11) is 0. The minimum atomic E-state index is 0.251. The van der Waals surface area contributed by atoms with Gasteiger partial charge in [0.15, 0.2) is 4.96 Å². The summed E-state index contributed by atoms with van der Waals surface area (Å²) in [6.45, 7) is 6.37. The molecular formula is C12H19N3OS. The molecule has 2 aromatic rings. The van der Waals surface area contributed by atoms with Crippen molar-refractivity contribution < 1.29 is 5.11 Å². The van der Waals surface area contributed by atoms with Crippen molar-refractivity contribution >= 4 is 16.3 Å². The summed E-state index contributed by atoms with van der Waals surface area (Å²) in [5, 5.41) is 10.9. The molecule has 0 unspecified atom stereocenters. The Balaban J connectivity index is 2.04. The number of aliphatic hydroxyl groups is 1. The zero-order valence-electron chi connectivity index (χ0n) is 10.3. The fourth-order valence-corrected chi connectivity index (χ4v) is 2.57. The Morgan fingerprint density at radius 2 is 2.35 bits per heavy atom. The first kappa shape index (κ1) is 12.5. The summed E-state index contributed by atoms with van der Waals surface area (Å²) in [4.78, 5) is 7.96. The van der Waals surface area contributed by atoms with E-state index in [1.807, 2.05) is 11.6 Å². The third-order valence-electron chi connectivity index (χ3n) is 2.84. The Labute approximate surface area is 106 Å². The van der Waals surface area contributed by atoms with Crippen LogP contribution >= 0.6 is 11.3 Å². The summed E-state index contributed by atoms with van der Waals surface area (Å²) < 4.78 is 2.06. The average molecular weight is 253 g/mol. The number of aliphatic hydroxyl groups excluding tert-OH is 1. The van der Waals surface area contributed by atoms with Crippen LogP contribution in [0.1, 0.15) is 26.0 Å². The number of imidazole rings is 1. The molecule has 0 radical (unpaired) electrons. The maximum absolute atomic E-state index is 8.90. The number of fused-ring (bicyclic) bond motifs is 1. The predicted octanol–water partition coefficient (Wildman–Crippen LogP) is 1.99. The van der Waals surface area contributed by atoms with E-state index in [-0.39, 0.29) is 6.61 Å². The van der Waals surface area contributed by atoms with Crippen molar-refractivity contribution in [2.24, 2.45) is 0 Å². The molecule has 0 aliphatic heterocycles. The Kier molecular flexibility index (Phi) is 4.15. The lowest BCUT2D eigenvalue weighted by molar-refractivity contribution is 0.183. The lowest BCUT2D eigenvalue weighted by Gasteiger charge is -2.25. The van der Waals surface area contributed by atoms with Gasteiger partial charge in [-0.15, -0.1) is 11.3 Å². The van der Waals surface area contributed by atoms with Gasteiger partial charge < -0.3 is 5.11 Å². The molecule has 0 aliphatic carbocycles. The van der Waals surface area contributed by atoms with E-state index >= 15 is 0 Å². The molecule has 0 spiro atoms. The maximum Gasteiger partial charge on any atom is 0.193 e. The summed E-state index contributed by atoms with van der Waals surface area (Å²) in [6.07, 6.45) is 4.94. The van der Waals surface area contributed by atoms with Crippen molar-refractivity contribution in [1.29, 1.82) is 0 Å². The molecule has 94 valence electrons. The molecule has 4 nitrogen and oxygen atoms in total. The lowest BCUT2D eigenvalue weighted by Crippen LogP contribution is -2.31. The predicted molar refractivity (Wildman–Crippen MR) is 70.3 cm³/mol. The van der Waals surface area contributed by atoms with Crippen molar-refractivity contribution in [1.82, 2.24) is 14.3 Å². The van der Waals surface area contributed by atoms with Gasteiger partial charge in [0.05, 0.1) is 5.69 Å². The molecule has 2 aromatic heterocycles. The van der Waals surface area contributed by atoms with Crippen LogP contribution in [0, 0.1) is 0 Å². The van der Waals surface area contributed by atoms with E-state index in [1.165, 1.54) is 0 Å². The highest BCUT2D eigenvalue weighted by Gasteiger charge is 2.12. The van der Waals surface area contributed by atoms with Gasteiger partial charge >= 0.3 is 0 Å². The van der Waals surface area contributed by atoms with Crippen LogP contribution in [-0.4, -0.2) is 38.6 Å². The quantitative estimate of drug-likeness (QED) is 0.856. The average Bonchev–Trinajstić information content (AvgIpc) is 2.83. The first-order valence-corrected chi connectivity index (χ1v) is 6.84. The smallest absolute Gasteiger partial charge is 0.193 e. The number of thiazole rings is 1. The molecule has 1 N–H and O–H groups in total. The SMILES string of the molecule is CC(C)N(CCCO)Cc1cn2ccsc2n1. The van der Waals surface area contributed by atoms with Gasteiger partial charge in [0.25, 0.3) is 0 Å². The number of rotatable bonds is 6. The second-order valence-corrected chi connectivity index (χ2v) is 5.34. The van der Waals surface area contributed by atoms with Crippen LogP contribution in [0.3, 0.4) is 0 Å². The van der Waals surface area contributed by atoms with Crippen LogP contribution in [-0.2, 0) is 6.54 Å². The third-order valence-corrected chi connectivity index (χ3v) is 3.61. The van der Waals surface area contributed by atoms with Crippen molar-refractivity contribution in [2.45, 2.75) is 32.9 Å². The Morgan fingerprint density at radius 1 is 1.53 bits per heavy atom. The molecule has 2 heterocycles. The van der Waals surface area contributed by atoms with Crippen LogP contribution in [0.25, 0.3) is 4.96 Å². The highest BCUT2D eigenvalue weighted by Crippen LogP contribution is 2.14. The molecule has 0 aromatic carbocycles. The van der Waals surface area contributed by atoms with Crippen molar-refractivity contribution in [3.05, 3.63) is 23.5 Å². The maximum atomic E-state index is 8.90. The molecule has 0 amide bonds. The van der Waals surface area contributed by atoms with E-state index in [4.69, 9.17) is 5.11 Å². The monoisotopic (exact) mass is 253 g/mol. The van der Waals surface area contributed by atoms with Gasteiger partial charge in [-0.3, -0.25) is 9.30 Å². The lowest BCUT2D eigenvalue weighted by atomic mass is 10.2. The molecule has 0 aliphatic rings. The number of hydrogen-bond donors (Lipinski definition) is 1. The molecule has 0 bridgehead atoms. The Morgan fingerprint density at radius 3 is 3.00 bits per heavy atom. The molecule has 0 saturated carbocycles. The number of nitrogens with zero attached hydrogens (tertiary/aromatic N) is 3. The van der Waals surface area contributed by atoms with Crippen LogP contribution < -0.4 is 0 Å². The Hall–Kier alpha value is -0.910. The topological polar surface area (TPSA) is 40.8 Å².